The Bertz CT molecular complexity index is 235. The number of rotatable bonds is 2. The lowest BCUT2D eigenvalue weighted by molar-refractivity contribution is -0.119. The zero-order valence-corrected chi connectivity index (χ0v) is 10.9. The molecule has 3 unspecified atom stereocenters. The average molecular weight is 211 g/mol. The van der Waals surface area contributed by atoms with Crippen molar-refractivity contribution >= 4 is 5.91 Å². The molecule has 2 nitrogen and oxygen atoms in total. The van der Waals surface area contributed by atoms with Gasteiger partial charge in [0.05, 0.1) is 0 Å². The lowest BCUT2D eigenvalue weighted by atomic mass is 9.73. The Kier molecular flexibility index (Phi) is 3.47. The van der Waals surface area contributed by atoms with E-state index in [0.29, 0.717) is 11.8 Å². The summed E-state index contributed by atoms with van der Waals surface area (Å²) >= 11 is 0. The van der Waals surface area contributed by atoms with E-state index < -0.39 is 0 Å². The average Bonchev–Trinajstić information content (AvgIpc) is 2.32. The molecule has 0 saturated heterocycles. The number of nitrogens with one attached hydrogen (secondary N) is 1. The Labute approximate surface area is 93.8 Å². The maximum atomic E-state index is 11.0. The van der Waals surface area contributed by atoms with Crippen LogP contribution >= 0.6 is 0 Å². The fourth-order valence-electron chi connectivity index (χ4n) is 3.16. The van der Waals surface area contributed by atoms with Crippen LogP contribution in [-0.2, 0) is 4.79 Å². The fourth-order valence-corrected chi connectivity index (χ4v) is 3.16. The van der Waals surface area contributed by atoms with Crippen molar-refractivity contribution in [2.24, 2.45) is 29.1 Å². The van der Waals surface area contributed by atoms with Gasteiger partial charge in [0, 0.05) is 13.5 Å². The molecule has 5 atom stereocenters. The van der Waals surface area contributed by atoms with Gasteiger partial charge >= 0.3 is 0 Å². The van der Waals surface area contributed by atoms with E-state index in [2.05, 4.69) is 39.9 Å². The van der Waals surface area contributed by atoms with Gasteiger partial charge in [-0.15, -0.1) is 0 Å². The molecule has 1 aliphatic carbocycles. The summed E-state index contributed by atoms with van der Waals surface area (Å²) in [4.78, 5) is 11.0. The Morgan fingerprint density at radius 1 is 1.13 bits per heavy atom. The molecule has 0 aromatic carbocycles. The van der Waals surface area contributed by atoms with Gasteiger partial charge in [-0.2, -0.15) is 0 Å². The maximum absolute atomic E-state index is 11.0. The van der Waals surface area contributed by atoms with Crippen LogP contribution < -0.4 is 5.32 Å². The molecule has 88 valence electrons. The lowest BCUT2D eigenvalue weighted by Crippen LogP contribution is -2.40. The molecule has 15 heavy (non-hydrogen) atoms. The normalized spacial score (nSPS) is 45.5. The van der Waals surface area contributed by atoms with Gasteiger partial charge < -0.3 is 5.32 Å². The highest BCUT2D eigenvalue weighted by molar-refractivity contribution is 5.72. The van der Waals surface area contributed by atoms with Gasteiger partial charge in [0.2, 0.25) is 5.91 Å². The Balaban J connectivity index is 2.77. The molecule has 1 rings (SSSR count). The van der Waals surface area contributed by atoms with Gasteiger partial charge in [-0.3, -0.25) is 4.79 Å². The van der Waals surface area contributed by atoms with Gasteiger partial charge in [0.25, 0.3) is 0 Å². The monoisotopic (exact) mass is 211 g/mol. The number of hydrogen-bond acceptors (Lipinski definition) is 1. The minimum Gasteiger partial charge on any atom is -0.356 e. The van der Waals surface area contributed by atoms with E-state index in [0.717, 1.165) is 18.4 Å². The quantitative estimate of drug-likeness (QED) is 0.747. The highest BCUT2D eigenvalue weighted by Gasteiger charge is 2.49. The highest BCUT2D eigenvalue weighted by atomic mass is 16.1. The summed E-state index contributed by atoms with van der Waals surface area (Å²) in [5.74, 6) is 2.93. The van der Waals surface area contributed by atoms with Crippen molar-refractivity contribution in [1.82, 2.24) is 5.32 Å². The van der Waals surface area contributed by atoms with Crippen LogP contribution in [0.15, 0.2) is 0 Å². The second-order valence-corrected chi connectivity index (χ2v) is 5.71. The first-order valence-electron chi connectivity index (χ1n) is 6.05. The molecule has 1 N–H and O–H groups in total. The highest BCUT2D eigenvalue weighted by Crippen LogP contribution is 2.53. The summed E-state index contributed by atoms with van der Waals surface area (Å²) in [5, 5.41) is 2.99. The zero-order valence-electron chi connectivity index (χ0n) is 10.9. The zero-order chi connectivity index (χ0) is 11.8. The first kappa shape index (κ1) is 12.5. The summed E-state index contributed by atoms with van der Waals surface area (Å²) in [5.41, 5.74) is 0.254. The molecule has 1 amide bonds. The van der Waals surface area contributed by atoms with E-state index in [4.69, 9.17) is 0 Å². The van der Waals surface area contributed by atoms with Gasteiger partial charge in [-0.25, -0.2) is 0 Å². The summed E-state index contributed by atoms with van der Waals surface area (Å²) in [7, 11) is 0. The van der Waals surface area contributed by atoms with E-state index in [9.17, 15) is 4.79 Å². The van der Waals surface area contributed by atoms with Crippen molar-refractivity contribution in [2.75, 3.05) is 6.54 Å². The molecule has 0 bridgehead atoms. The molecule has 0 radical (unpaired) electrons. The molecule has 1 fully saturated rings. The van der Waals surface area contributed by atoms with E-state index in [1.165, 1.54) is 0 Å². The van der Waals surface area contributed by atoms with E-state index in [-0.39, 0.29) is 11.3 Å². The molecular weight excluding hydrogens is 186 g/mol. The molecule has 0 aromatic rings. The van der Waals surface area contributed by atoms with Crippen LogP contribution in [0.25, 0.3) is 0 Å². The fraction of sp³-hybridized carbons (Fsp3) is 0.923. The molecule has 1 saturated carbocycles. The largest absolute Gasteiger partial charge is 0.356 e. The number of hydrogen-bond donors (Lipinski definition) is 1. The number of amides is 1. The van der Waals surface area contributed by atoms with Crippen LogP contribution in [0.4, 0.5) is 0 Å². The summed E-state index contributed by atoms with van der Waals surface area (Å²) in [6.07, 6.45) is 0. The van der Waals surface area contributed by atoms with Crippen molar-refractivity contribution in [3.8, 4) is 0 Å². The Hall–Kier alpha value is -0.530. The molecule has 1 aliphatic rings. The maximum Gasteiger partial charge on any atom is 0.216 e. The minimum atomic E-state index is 0.0860. The van der Waals surface area contributed by atoms with Crippen LogP contribution in [0.2, 0.25) is 0 Å². The van der Waals surface area contributed by atoms with Crippen molar-refractivity contribution in [3.63, 3.8) is 0 Å². The van der Waals surface area contributed by atoms with Crippen LogP contribution in [0.1, 0.15) is 41.5 Å². The Morgan fingerprint density at radius 3 is 1.87 bits per heavy atom. The molecule has 0 aromatic heterocycles. The van der Waals surface area contributed by atoms with Gasteiger partial charge in [0.15, 0.2) is 0 Å². The van der Waals surface area contributed by atoms with Crippen LogP contribution in [0, 0.1) is 29.1 Å². The summed E-state index contributed by atoms with van der Waals surface area (Å²) < 4.78 is 0. The van der Waals surface area contributed by atoms with Crippen LogP contribution in [0.3, 0.4) is 0 Å². The third kappa shape index (κ3) is 2.04. The van der Waals surface area contributed by atoms with Crippen molar-refractivity contribution in [2.45, 2.75) is 41.5 Å². The van der Waals surface area contributed by atoms with Crippen LogP contribution in [-0.4, -0.2) is 12.5 Å². The van der Waals surface area contributed by atoms with E-state index in [1.807, 2.05) is 0 Å². The van der Waals surface area contributed by atoms with E-state index >= 15 is 0 Å². The molecular formula is C13H25NO. The predicted molar refractivity (Wildman–Crippen MR) is 63.4 cm³/mol. The first-order valence-corrected chi connectivity index (χ1v) is 6.05. The standard InChI is InChI=1S/C13H25NO/c1-8-9(2)11(4)13(6,10(8)3)7-14-12(5)15/h8-11H,7H2,1-6H3,(H,14,15)/t8?,9?,10-,11+,13?. The lowest BCUT2D eigenvalue weighted by Gasteiger charge is -2.35. The number of carbonyl (C=O) groups is 1. The third-order valence-electron chi connectivity index (χ3n) is 5.21. The predicted octanol–water partition coefficient (Wildman–Crippen LogP) is 2.69. The summed E-state index contributed by atoms with van der Waals surface area (Å²) in [6, 6.07) is 0. The van der Waals surface area contributed by atoms with Crippen molar-refractivity contribution in [3.05, 3.63) is 0 Å². The number of carbonyl (C=O) groups excluding carboxylic acids is 1. The second-order valence-electron chi connectivity index (χ2n) is 5.71. The van der Waals surface area contributed by atoms with Gasteiger partial charge in [-0.1, -0.05) is 34.6 Å². The van der Waals surface area contributed by atoms with E-state index in [1.54, 1.807) is 6.92 Å². The van der Waals surface area contributed by atoms with Crippen molar-refractivity contribution < 1.29 is 4.79 Å². The Morgan fingerprint density at radius 2 is 1.53 bits per heavy atom. The molecule has 0 aliphatic heterocycles. The minimum absolute atomic E-state index is 0.0860. The van der Waals surface area contributed by atoms with Gasteiger partial charge in [0.1, 0.15) is 0 Å². The molecule has 0 heterocycles. The third-order valence-corrected chi connectivity index (χ3v) is 5.21. The molecule has 2 heteroatoms. The van der Waals surface area contributed by atoms with Crippen molar-refractivity contribution in [1.29, 1.82) is 0 Å². The smallest absolute Gasteiger partial charge is 0.216 e. The summed E-state index contributed by atoms with van der Waals surface area (Å²) in [6.45, 7) is 14.1. The second kappa shape index (κ2) is 4.15. The first-order chi connectivity index (χ1) is 6.80. The van der Waals surface area contributed by atoms with Crippen LogP contribution in [0.5, 0.6) is 0 Å². The van der Waals surface area contributed by atoms with Gasteiger partial charge in [-0.05, 0) is 29.1 Å². The topological polar surface area (TPSA) is 29.1 Å². The molecule has 0 spiro atoms. The SMILES string of the molecule is CC(=O)NCC1(C)[C@H](C)C(C)C(C)[C@@H]1C.